The number of hydrogen-bond donors (Lipinski definition) is 2. The number of nitrogens with zero attached hydrogens (tertiary/aromatic N) is 4. The van der Waals surface area contributed by atoms with Gasteiger partial charge in [0.15, 0.2) is 5.13 Å². The number of imidazole rings is 1. The van der Waals surface area contributed by atoms with Gasteiger partial charge in [-0.05, 0) is 43.5 Å². The van der Waals surface area contributed by atoms with E-state index in [0.29, 0.717) is 17.2 Å². The third-order valence-electron chi connectivity index (χ3n) is 5.29. The Bertz CT molecular complexity index is 1260. The van der Waals surface area contributed by atoms with Crippen LogP contribution in [0, 0.1) is 5.92 Å². The molecule has 0 spiro atoms. The summed E-state index contributed by atoms with van der Waals surface area (Å²) in [4.78, 5) is 38.5. The number of nitrogens with one attached hydrogen (secondary N) is 2. The number of carbonyl (C=O) groups is 2. The van der Waals surface area contributed by atoms with E-state index in [1.54, 1.807) is 18.6 Å². The van der Waals surface area contributed by atoms with Gasteiger partial charge < -0.3 is 15.2 Å². The van der Waals surface area contributed by atoms with E-state index in [1.165, 1.54) is 11.3 Å². The zero-order valence-electron chi connectivity index (χ0n) is 17.3. The summed E-state index contributed by atoms with van der Waals surface area (Å²) in [6.45, 7) is 1.39. The van der Waals surface area contributed by atoms with Crippen LogP contribution in [-0.2, 0) is 11.3 Å². The molecule has 32 heavy (non-hydrogen) atoms. The van der Waals surface area contributed by atoms with Gasteiger partial charge in [0, 0.05) is 42.5 Å². The van der Waals surface area contributed by atoms with Crippen LogP contribution in [0.25, 0.3) is 21.6 Å². The zero-order valence-corrected chi connectivity index (χ0v) is 18.1. The van der Waals surface area contributed by atoms with Crippen LogP contribution < -0.4 is 10.6 Å². The number of pyridine rings is 1. The van der Waals surface area contributed by atoms with Gasteiger partial charge in [-0.15, -0.1) is 0 Å². The van der Waals surface area contributed by atoms with Crippen LogP contribution in [0.4, 0.5) is 5.13 Å². The molecule has 162 valence electrons. The van der Waals surface area contributed by atoms with Crippen molar-refractivity contribution in [3.63, 3.8) is 0 Å². The summed E-state index contributed by atoms with van der Waals surface area (Å²) in [6, 6.07) is 11.2. The fourth-order valence-corrected chi connectivity index (χ4v) is 4.23. The highest BCUT2D eigenvalue weighted by molar-refractivity contribution is 7.22. The third-order valence-corrected chi connectivity index (χ3v) is 6.17. The predicted molar refractivity (Wildman–Crippen MR) is 123 cm³/mol. The molecule has 1 aromatic carbocycles. The van der Waals surface area contributed by atoms with Crippen molar-refractivity contribution >= 4 is 38.6 Å². The molecule has 3 aromatic heterocycles. The third kappa shape index (κ3) is 4.67. The molecule has 0 bridgehead atoms. The minimum Gasteiger partial charge on any atom is -0.352 e. The number of aryl methyl sites for hydroxylation is 1. The van der Waals surface area contributed by atoms with Crippen molar-refractivity contribution < 1.29 is 9.59 Å². The SMILES string of the molecule is O=C(NCCCn1ccnc1)c1cccc(-c2ccc3nc(NC(=O)C4CC4)sc3n2)c1. The van der Waals surface area contributed by atoms with E-state index in [1.807, 2.05) is 41.1 Å². The molecule has 0 unspecified atom stereocenters. The lowest BCUT2D eigenvalue weighted by Gasteiger charge is -2.07. The highest BCUT2D eigenvalue weighted by atomic mass is 32.1. The number of benzene rings is 1. The summed E-state index contributed by atoms with van der Waals surface area (Å²) in [5.41, 5.74) is 2.95. The number of aromatic nitrogens is 4. The van der Waals surface area contributed by atoms with Crippen LogP contribution in [-0.4, -0.2) is 37.9 Å². The number of hydrogen-bond acceptors (Lipinski definition) is 6. The maximum atomic E-state index is 12.6. The molecule has 8 nitrogen and oxygen atoms in total. The van der Waals surface area contributed by atoms with Gasteiger partial charge in [0.2, 0.25) is 5.91 Å². The number of carbonyl (C=O) groups excluding carboxylic acids is 2. The molecule has 0 radical (unpaired) electrons. The Morgan fingerprint density at radius 1 is 1.16 bits per heavy atom. The Labute approximate surface area is 188 Å². The Hall–Kier alpha value is -3.59. The average Bonchev–Trinajstić information content (AvgIpc) is 3.39. The first-order valence-corrected chi connectivity index (χ1v) is 11.4. The maximum Gasteiger partial charge on any atom is 0.251 e. The van der Waals surface area contributed by atoms with E-state index in [4.69, 9.17) is 4.98 Å². The van der Waals surface area contributed by atoms with E-state index in [0.717, 1.165) is 47.4 Å². The highest BCUT2D eigenvalue weighted by Gasteiger charge is 2.30. The van der Waals surface area contributed by atoms with Gasteiger partial charge in [0.25, 0.3) is 5.91 Å². The summed E-state index contributed by atoms with van der Waals surface area (Å²) < 4.78 is 1.98. The van der Waals surface area contributed by atoms with Crippen LogP contribution in [0.1, 0.15) is 29.6 Å². The van der Waals surface area contributed by atoms with Gasteiger partial charge in [-0.25, -0.2) is 15.0 Å². The predicted octanol–water partition coefficient (Wildman–Crippen LogP) is 3.72. The monoisotopic (exact) mass is 446 g/mol. The number of rotatable bonds is 8. The topological polar surface area (TPSA) is 102 Å². The van der Waals surface area contributed by atoms with Crippen molar-refractivity contribution in [1.29, 1.82) is 0 Å². The molecule has 1 fully saturated rings. The Kier molecular flexibility index (Phi) is 5.64. The van der Waals surface area contributed by atoms with Crippen molar-refractivity contribution in [2.24, 2.45) is 5.92 Å². The van der Waals surface area contributed by atoms with Crippen LogP contribution in [0.5, 0.6) is 0 Å². The first-order chi connectivity index (χ1) is 15.7. The number of thiazole rings is 1. The highest BCUT2D eigenvalue weighted by Crippen LogP contribution is 2.32. The second-order valence-corrected chi connectivity index (χ2v) is 8.77. The number of amides is 2. The maximum absolute atomic E-state index is 12.6. The summed E-state index contributed by atoms with van der Waals surface area (Å²) >= 11 is 1.36. The molecule has 1 aliphatic rings. The van der Waals surface area contributed by atoms with E-state index >= 15 is 0 Å². The molecule has 1 aliphatic carbocycles. The second kappa shape index (κ2) is 8.88. The van der Waals surface area contributed by atoms with Crippen molar-refractivity contribution in [3.05, 3.63) is 60.7 Å². The summed E-state index contributed by atoms with van der Waals surface area (Å²) in [5, 5.41) is 6.42. The molecule has 5 rings (SSSR count). The summed E-state index contributed by atoms with van der Waals surface area (Å²) in [5.74, 6) is 0.0553. The summed E-state index contributed by atoms with van der Waals surface area (Å²) in [7, 11) is 0. The molecular weight excluding hydrogens is 424 g/mol. The molecule has 0 saturated heterocycles. The van der Waals surface area contributed by atoms with Gasteiger partial charge in [-0.1, -0.05) is 23.5 Å². The molecule has 3 heterocycles. The van der Waals surface area contributed by atoms with E-state index < -0.39 is 0 Å². The first kappa shape index (κ1) is 20.3. The minimum atomic E-state index is -0.110. The molecule has 0 atom stereocenters. The Morgan fingerprint density at radius 3 is 2.88 bits per heavy atom. The lowest BCUT2D eigenvalue weighted by atomic mass is 10.1. The Morgan fingerprint density at radius 2 is 2.06 bits per heavy atom. The van der Waals surface area contributed by atoms with Crippen molar-refractivity contribution in [3.8, 4) is 11.3 Å². The van der Waals surface area contributed by atoms with Crippen molar-refractivity contribution in [2.45, 2.75) is 25.8 Å². The minimum absolute atomic E-state index is 0.0352. The number of fused-ring (bicyclic) bond motifs is 1. The zero-order chi connectivity index (χ0) is 21.9. The van der Waals surface area contributed by atoms with E-state index in [-0.39, 0.29) is 17.7 Å². The fraction of sp³-hybridized carbons (Fsp3) is 0.261. The van der Waals surface area contributed by atoms with E-state index in [9.17, 15) is 9.59 Å². The van der Waals surface area contributed by atoms with Crippen molar-refractivity contribution in [2.75, 3.05) is 11.9 Å². The first-order valence-electron chi connectivity index (χ1n) is 10.6. The molecule has 4 aromatic rings. The average molecular weight is 447 g/mol. The Balaban J connectivity index is 1.25. The van der Waals surface area contributed by atoms with Crippen molar-refractivity contribution in [1.82, 2.24) is 24.8 Å². The fourth-order valence-electron chi connectivity index (χ4n) is 3.39. The largest absolute Gasteiger partial charge is 0.352 e. The van der Waals surface area contributed by atoms with Gasteiger partial charge in [0.05, 0.1) is 12.0 Å². The van der Waals surface area contributed by atoms with Gasteiger partial charge in [-0.3, -0.25) is 9.59 Å². The quantitative estimate of drug-likeness (QED) is 0.402. The molecule has 0 aliphatic heterocycles. The van der Waals surface area contributed by atoms with Crippen LogP contribution >= 0.6 is 11.3 Å². The van der Waals surface area contributed by atoms with Crippen LogP contribution in [0.2, 0.25) is 0 Å². The molecule has 2 N–H and O–H groups in total. The van der Waals surface area contributed by atoms with E-state index in [2.05, 4.69) is 20.6 Å². The normalized spacial score (nSPS) is 13.2. The molecule has 1 saturated carbocycles. The summed E-state index contributed by atoms with van der Waals surface area (Å²) in [6.07, 6.45) is 8.14. The van der Waals surface area contributed by atoms with Gasteiger partial charge in [-0.2, -0.15) is 0 Å². The number of anilines is 1. The molecule has 2 amide bonds. The smallest absolute Gasteiger partial charge is 0.251 e. The van der Waals surface area contributed by atoms with Crippen LogP contribution in [0.3, 0.4) is 0 Å². The lowest BCUT2D eigenvalue weighted by Crippen LogP contribution is -2.25. The van der Waals surface area contributed by atoms with Gasteiger partial charge >= 0.3 is 0 Å². The van der Waals surface area contributed by atoms with Crippen LogP contribution in [0.15, 0.2) is 55.1 Å². The second-order valence-electron chi connectivity index (χ2n) is 7.79. The standard InChI is InChI=1S/C23H22N6O2S/c30-20(25-9-2-11-29-12-10-24-14-29)17-4-1-3-16(13-17)18-7-8-19-22(26-18)32-23(27-19)28-21(31)15-5-6-15/h1,3-4,7-8,10,12-15H,2,5-6,9,11H2,(H,25,30)(H,27,28,31). The molecule has 9 heteroatoms. The molecular formula is C23H22N6O2S. The van der Waals surface area contributed by atoms with Gasteiger partial charge in [0.1, 0.15) is 10.3 Å². The lowest BCUT2D eigenvalue weighted by molar-refractivity contribution is -0.117.